The quantitative estimate of drug-likeness (QED) is 0.361. The normalized spacial score (nSPS) is 10.9. The molecule has 140 valence electrons. The van der Waals surface area contributed by atoms with Crippen LogP contribution in [0.15, 0.2) is 82.0 Å². The Labute approximate surface area is 179 Å². The molecule has 0 spiro atoms. The lowest BCUT2D eigenvalue weighted by molar-refractivity contribution is -0.116. The van der Waals surface area contributed by atoms with Gasteiger partial charge in [0.25, 0.3) is 0 Å². The Morgan fingerprint density at radius 3 is 2.64 bits per heavy atom. The second-order valence-electron chi connectivity index (χ2n) is 6.48. The van der Waals surface area contributed by atoms with Gasteiger partial charge < -0.3 is 9.72 Å². The molecule has 0 unspecified atom stereocenters. The molecule has 2 heterocycles. The summed E-state index contributed by atoms with van der Waals surface area (Å²) in [5.74, 6) is 0.00248. The summed E-state index contributed by atoms with van der Waals surface area (Å²) >= 11 is 7.04. The van der Waals surface area contributed by atoms with E-state index in [9.17, 15) is 4.79 Å². The maximum atomic E-state index is 12.3. The number of aryl methyl sites for hydroxylation is 1. The minimum absolute atomic E-state index is 0.00248. The van der Waals surface area contributed by atoms with Crippen LogP contribution in [-0.2, 0) is 11.2 Å². The van der Waals surface area contributed by atoms with Crippen LogP contribution in [0.1, 0.15) is 12.0 Å². The minimum Gasteiger partial charge on any atom is -0.326 e. The number of rotatable bonds is 5. The van der Waals surface area contributed by atoms with Crippen molar-refractivity contribution in [3.05, 3.63) is 87.6 Å². The highest BCUT2D eigenvalue weighted by atomic mass is 79.9. The summed E-state index contributed by atoms with van der Waals surface area (Å²) in [5.41, 5.74) is 4.57. The molecule has 0 bridgehead atoms. The molecule has 0 saturated heterocycles. The van der Waals surface area contributed by atoms with Gasteiger partial charge in [-0.15, -0.1) is 0 Å². The van der Waals surface area contributed by atoms with Crippen molar-refractivity contribution < 1.29 is 4.79 Å². The van der Waals surface area contributed by atoms with Crippen LogP contribution in [0.2, 0.25) is 0 Å². The highest BCUT2D eigenvalue weighted by Crippen LogP contribution is 2.27. The van der Waals surface area contributed by atoms with Crippen LogP contribution >= 0.6 is 31.9 Å². The fourth-order valence-electron chi connectivity index (χ4n) is 3.05. The summed E-state index contributed by atoms with van der Waals surface area (Å²) in [4.78, 5) is 17.0. The zero-order chi connectivity index (χ0) is 19.5. The first-order valence-electron chi connectivity index (χ1n) is 8.86. The van der Waals surface area contributed by atoms with Gasteiger partial charge >= 0.3 is 0 Å². The minimum atomic E-state index is 0.00248. The Bertz CT molecular complexity index is 1140. The Hall–Kier alpha value is -2.44. The van der Waals surface area contributed by atoms with Crippen LogP contribution in [-0.4, -0.2) is 15.3 Å². The van der Waals surface area contributed by atoms with Crippen LogP contribution in [0.25, 0.3) is 16.9 Å². The molecule has 0 fully saturated rings. The number of carbonyl (C=O) groups is 1. The van der Waals surface area contributed by atoms with E-state index in [1.165, 1.54) is 0 Å². The van der Waals surface area contributed by atoms with Crippen LogP contribution in [0.5, 0.6) is 0 Å². The summed E-state index contributed by atoms with van der Waals surface area (Å²) in [6.07, 6.45) is 5.11. The Kier molecular flexibility index (Phi) is 5.59. The summed E-state index contributed by atoms with van der Waals surface area (Å²) in [7, 11) is 0. The van der Waals surface area contributed by atoms with Gasteiger partial charge in [0, 0.05) is 34.5 Å². The molecule has 0 aliphatic carbocycles. The third kappa shape index (κ3) is 4.34. The van der Waals surface area contributed by atoms with E-state index in [1.807, 2.05) is 77.5 Å². The monoisotopic (exact) mass is 497 g/mol. The molecular formula is C22H17Br2N3O. The van der Waals surface area contributed by atoms with Gasteiger partial charge in [0.1, 0.15) is 0 Å². The molecule has 2 aromatic carbocycles. The van der Waals surface area contributed by atoms with Gasteiger partial charge in [-0.3, -0.25) is 4.79 Å². The highest BCUT2D eigenvalue weighted by molar-refractivity contribution is 9.11. The van der Waals surface area contributed by atoms with Crippen molar-refractivity contribution in [1.82, 2.24) is 9.38 Å². The zero-order valence-electron chi connectivity index (χ0n) is 14.9. The number of nitrogens with zero attached hydrogens (tertiary/aromatic N) is 2. The number of imidazole rings is 1. The number of hydrogen-bond acceptors (Lipinski definition) is 2. The number of aromatic nitrogens is 2. The lowest BCUT2D eigenvalue weighted by atomic mass is 10.1. The molecule has 0 aliphatic rings. The van der Waals surface area contributed by atoms with E-state index >= 15 is 0 Å². The molecular weight excluding hydrogens is 482 g/mol. The number of benzene rings is 2. The molecule has 4 nitrogen and oxygen atoms in total. The smallest absolute Gasteiger partial charge is 0.224 e. The van der Waals surface area contributed by atoms with Gasteiger partial charge in [0.2, 0.25) is 5.91 Å². The molecule has 4 aromatic rings. The Morgan fingerprint density at radius 1 is 1.00 bits per heavy atom. The lowest BCUT2D eigenvalue weighted by Gasteiger charge is -2.07. The topological polar surface area (TPSA) is 46.4 Å². The van der Waals surface area contributed by atoms with Crippen molar-refractivity contribution in [2.45, 2.75) is 12.8 Å². The van der Waals surface area contributed by atoms with Gasteiger partial charge in [-0.1, -0.05) is 42.5 Å². The number of amides is 1. The second-order valence-corrected chi connectivity index (χ2v) is 8.25. The molecule has 1 amide bonds. The third-order valence-corrected chi connectivity index (χ3v) is 5.42. The second kappa shape index (κ2) is 8.29. The fraction of sp³-hybridized carbons (Fsp3) is 0.0909. The molecule has 2 aromatic heterocycles. The van der Waals surface area contributed by atoms with Crippen LogP contribution in [0.4, 0.5) is 5.69 Å². The molecule has 4 rings (SSSR count). The highest BCUT2D eigenvalue weighted by Gasteiger charge is 2.10. The van der Waals surface area contributed by atoms with E-state index in [2.05, 4.69) is 37.2 Å². The van der Waals surface area contributed by atoms with Gasteiger partial charge in [-0.05, 0) is 62.0 Å². The Morgan fingerprint density at radius 2 is 1.82 bits per heavy atom. The van der Waals surface area contributed by atoms with Crippen LogP contribution < -0.4 is 5.32 Å². The number of anilines is 1. The maximum absolute atomic E-state index is 12.3. The number of fused-ring (bicyclic) bond motifs is 1. The average Bonchev–Trinajstić information content (AvgIpc) is 3.12. The maximum Gasteiger partial charge on any atom is 0.224 e. The summed E-state index contributed by atoms with van der Waals surface area (Å²) in [6.45, 7) is 0. The van der Waals surface area contributed by atoms with Crippen molar-refractivity contribution >= 4 is 49.1 Å². The Balaban J connectivity index is 1.50. The predicted octanol–water partition coefficient (Wildman–Crippen LogP) is 6.10. The van der Waals surface area contributed by atoms with Crippen molar-refractivity contribution in [1.29, 1.82) is 0 Å². The van der Waals surface area contributed by atoms with Gasteiger partial charge in [-0.2, -0.15) is 0 Å². The van der Waals surface area contributed by atoms with E-state index in [0.717, 1.165) is 43.5 Å². The third-order valence-electron chi connectivity index (χ3n) is 4.40. The number of nitrogens with one attached hydrogen (secondary N) is 1. The molecule has 0 radical (unpaired) electrons. The fourth-order valence-corrected chi connectivity index (χ4v) is 4.34. The van der Waals surface area contributed by atoms with E-state index in [1.54, 1.807) is 0 Å². The molecule has 28 heavy (non-hydrogen) atoms. The van der Waals surface area contributed by atoms with E-state index in [-0.39, 0.29) is 5.91 Å². The van der Waals surface area contributed by atoms with Crippen molar-refractivity contribution in [3.63, 3.8) is 0 Å². The van der Waals surface area contributed by atoms with Gasteiger partial charge in [0.05, 0.1) is 10.2 Å². The molecule has 0 aliphatic heterocycles. The first-order chi connectivity index (χ1) is 13.6. The molecule has 0 saturated carbocycles. The van der Waals surface area contributed by atoms with Crippen LogP contribution in [0.3, 0.4) is 0 Å². The van der Waals surface area contributed by atoms with Crippen molar-refractivity contribution in [2.24, 2.45) is 0 Å². The summed E-state index contributed by atoms with van der Waals surface area (Å²) < 4.78 is 3.85. The van der Waals surface area contributed by atoms with Crippen molar-refractivity contribution in [2.75, 3.05) is 5.32 Å². The first-order valence-corrected chi connectivity index (χ1v) is 10.4. The number of pyridine rings is 1. The predicted molar refractivity (Wildman–Crippen MR) is 119 cm³/mol. The van der Waals surface area contributed by atoms with E-state index in [4.69, 9.17) is 4.98 Å². The molecule has 0 atom stereocenters. The number of hydrogen-bond donors (Lipinski definition) is 1. The standard InChI is InChI=1S/C22H17Br2N3O/c23-17-12-19(24)22-26-20(14-27(22)13-17)16-7-4-8-18(11-16)25-21(28)10-9-15-5-2-1-3-6-15/h1-8,11-14H,9-10H2,(H,25,28). The number of carbonyl (C=O) groups excluding carboxylic acids is 1. The van der Waals surface area contributed by atoms with E-state index < -0.39 is 0 Å². The van der Waals surface area contributed by atoms with Gasteiger partial charge in [-0.25, -0.2) is 4.98 Å². The average molecular weight is 499 g/mol. The van der Waals surface area contributed by atoms with E-state index in [0.29, 0.717) is 6.42 Å². The number of halogens is 2. The zero-order valence-corrected chi connectivity index (χ0v) is 18.1. The van der Waals surface area contributed by atoms with Crippen molar-refractivity contribution in [3.8, 4) is 11.3 Å². The lowest BCUT2D eigenvalue weighted by Crippen LogP contribution is -2.12. The molecule has 1 N–H and O–H groups in total. The largest absolute Gasteiger partial charge is 0.326 e. The first kappa shape index (κ1) is 18.9. The van der Waals surface area contributed by atoms with Gasteiger partial charge in [0.15, 0.2) is 5.65 Å². The SMILES string of the molecule is O=C(CCc1ccccc1)Nc1cccc(-c2cn3cc(Br)cc(Br)c3n2)c1. The van der Waals surface area contributed by atoms with Crippen LogP contribution in [0, 0.1) is 0 Å². The molecule has 6 heteroatoms. The summed E-state index contributed by atoms with van der Waals surface area (Å²) in [6, 6.07) is 19.8. The summed E-state index contributed by atoms with van der Waals surface area (Å²) in [5, 5.41) is 2.99.